The summed E-state index contributed by atoms with van der Waals surface area (Å²) in [6.07, 6.45) is 5.64. The van der Waals surface area contributed by atoms with Crippen LogP contribution in [0.15, 0.2) is 12.3 Å². The van der Waals surface area contributed by atoms with Crippen LogP contribution in [0.5, 0.6) is 11.5 Å². The molecular weight excluding hydrogens is 254 g/mol. The first-order valence-electron chi connectivity index (χ1n) is 7.34. The van der Waals surface area contributed by atoms with Crippen LogP contribution in [0.1, 0.15) is 25.0 Å². The van der Waals surface area contributed by atoms with Crippen molar-refractivity contribution < 1.29 is 9.47 Å². The Bertz CT molecular complexity index is 406. The molecule has 2 heterocycles. The van der Waals surface area contributed by atoms with E-state index in [-0.39, 0.29) is 0 Å². The number of methoxy groups -OCH3 is 2. The summed E-state index contributed by atoms with van der Waals surface area (Å²) in [4.78, 5) is 6.89. The van der Waals surface area contributed by atoms with Crippen molar-refractivity contribution >= 4 is 0 Å². The lowest BCUT2D eigenvalue weighted by Crippen LogP contribution is -2.25. The molecule has 1 aliphatic rings. The van der Waals surface area contributed by atoms with Crippen LogP contribution >= 0.6 is 0 Å². The molecule has 1 fully saturated rings. The fourth-order valence-electron chi connectivity index (χ4n) is 2.62. The number of hydrogen-bond donors (Lipinski definition) is 1. The molecule has 0 amide bonds. The molecule has 1 aliphatic heterocycles. The minimum absolute atomic E-state index is 0.709. The Morgan fingerprint density at radius 3 is 2.75 bits per heavy atom. The van der Waals surface area contributed by atoms with Crippen molar-refractivity contribution in [2.24, 2.45) is 0 Å². The van der Waals surface area contributed by atoms with Gasteiger partial charge in [-0.25, -0.2) is 0 Å². The predicted octanol–water partition coefficient (Wildman–Crippen LogP) is 1.67. The lowest BCUT2D eigenvalue weighted by molar-refractivity contribution is 0.329. The maximum absolute atomic E-state index is 5.37. The van der Waals surface area contributed by atoms with Crippen molar-refractivity contribution in [3.63, 3.8) is 0 Å². The molecule has 1 aromatic rings. The molecule has 0 aliphatic carbocycles. The number of rotatable bonds is 8. The second-order valence-corrected chi connectivity index (χ2v) is 5.07. The molecule has 112 valence electrons. The van der Waals surface area contributed by atoms with Crippen molar-refractivity contribution in [2.75, 3.05) is 40.4 Å². The molecule has 0 unspecified atom stereocenters. The third-order valence-electron chi connectivity index (χ3n) is 3.69. The van der Waals surface area contributed by atoms with Gasteiger partial charge in [0.25, 0.3) is 0 Å². The molecule has 1 aromatic heterocycles. The van der Waals surface area contributed by atoms with Gasteiger partial charge in [0.2, 0.25) is 0 Å². The smallest absolute Gasteiger partial charge is 0.183 e. The number of likely N-dealkylation sites (tertiary alicyclic amines) is 1. The Kier molecular flexibility index (Phi) is 6.08. The van der Waals surface area contributed by atoms with E-state index in [1.54, 1.807) is 20.4 Å². The Labute approximate surface area is 121 Å². The Balaban J connectivity index is 1.73. The number of aromatic nitrogens is 1. The van der Waals surface area contributed by atoms with Crippen LogP contribution in [0, 0.1) is 0 Å². The maximum atomic E-state index is 5.37. The van der Waals surface area contributed by atoms with Crippen molar-refractivity contribution in [1.82, 2.24) is 15.2 Å². The van der Waals surface area contributed by atoms with E-state index in [9.17, 15) is 0 Å². The summed E-state index contributed by atoms with van der Waals surface area (Å²) < 4.78 is 10.6. The van der Waals surface area contributed by atoms with Gasteiger partial charge in [0.1, 0.15) is 0 Å². The average Bonchev–Trinajstić information content (AvgIpc) is 2.99. The molecule has 20 heavy (non-hydrogen) atoms. The summed E-state index contributed by atoms with van der Waals surface area (Å²) in [6, 6.07) is 1.82. The van der Waals surface area contributed by atoms with Crippen LogP contribution < -0.4 is 14.8 Å². The molecule has 1 saturated heterocycles. The van der Waals surface area contributed by atoms with Gasteiger partial charge >= 0.3 is 0 Å². The van der Waals surface area contributed by atoms with Crippen LogP contribution in [0.2, 0.25) is 0 Å². The molecule has 0 spiro atoms. The van der Waals surface area contributed by atoms with E-state index >= 15 is 0 Å². The van der Waals surface area contributed by atoms with E-state index in [1.165, 1.54) is 38.9 Å². The number of pyridine rings is 1. The largest absolute Gasteiger partial charge is 0.493 e. The van der Waals surface area contributed by atoms with Crippen molar-refractivity contribution in [3.8, 4) is 11.5 Å². The number of hydrogen-bond acceptors (Lipinski definition) is 5. The summed E-state index contributed by atoms with van der Waals surface area (Å²) in [5.74, 6) is 1.46. The van der Waals surface area contributed by atoms with E-state index in [2.05, 4.69) is 15.2 Å². The number of nitrogens with one attached hydrogen (secondary N) is 1. The summed E-state index contributed by atoms with van der Waals surface area (Å²) in [5.41, 5.74) is 0.896. The highest BCUT2D eigenvalue weighted by atomic mass is 16.5. The Hall–Kier alpha value is -1.33. The minimum Gasteiger partial charge on any atom is -0.493 e. The molecule has 0 saturated carbocycles. The SMILES string of the molecule is COc1ccnc(CNCCCN2CCCC2)c1OC. The van der Waals surface area contributed by atoms with E-state index in [0.717, 1.165) is 23.7 Å². The molecular formula is C15H25N3O2. The summed E-state index contributed by atoms with van der Waals surface area (Å²) >= 11 is 0. The van der Waals surface area contributed by atoms with E-state index in [4.69, 9.17) is 9.47 Å². The zero-order valence-electron chi connectivity index (χ0n) is 12.5. The first-order valence-corrected chi connectivity index (χ1v) is 7.34. The van der Waals surface area contributed by atoms with Gasteiger partial charge in [-0.3, -0.25) is 4.98 Å². The van der Waals surface area contributed by atoms with Gasteiger partial charge in [-0.15, -0.1) is 0 Å². The second-order valence-electron chi connectivity index (χ2n) is 5.07. The lowest BCUT2D eigenvalue weighted by atomic mass is 10.3. The maximum Gasteiger partial charge on any atom is 0.183 e. The fraction of sp³-hybridized carbons (Fsp3) is 0.667. The first-order chi connectivity index (χ1) is 9.85. The molecule has 0 aromatic carbocycles. The van der Waals surface area contributed by atoms with E-state index in [0.29, 0.717) is 6.54 Å². The Morgan fingerprint density at radius 1 is 1.25 bits per heavy atom. The second kappa shape index (κ2) is 8.07. The third kappa shape index (κ3) is 4.08. The van der Waals surface area contributed by atoms with Crippen molar-refractivity contribution in [2.45, 2.75) is 25.8 Å². The molecule has 0 atom stereocenters. The minimum atomic E-state index is 0.709. The van der Waals surface area contributed by atoms with Gasteiger partial charge in [-0.1, -0.05) is 0 Å². The fourth-order valence-corrected chi connectivity index (χ4v) is 2.62. The predicted molar refractivity (Wildman–Crippen MR) is 79.3 cm³/mol. The lowest BCUT2D eigenvalue weighted by Gasteiger charge is -2.15. The molecule has 0 radical (unpaired) electrons. The average molecular weight is 279 g/mol. The van der Waals surface area contributed by atoms with E-state index in [1.807, 2.05) is 6.07 Å². The number of nitrogens with zero attached hydrogens (tertiary/aromatic N) is 2. The van der Waals surface area contributed by atoms with Gasteiger partial charge < -0.3 is 19.7 Å². The first kappa shape index (κ1) is 15.1. The van der Waals surface area contributed by atoms with Gasteiger partial charge in [-0.2, -0.15) is 0 Å². The summed E-state index contributed by atoms with van der Waals surface area (Å²) in [6.45, 7) is 5.44. The van der Waals surface area contributed by atoms with Gasteiger partial charge in [0, 0.05) is 18.8 Å². The highest BCUT2D eigenvalue weighted by Gasteiger charge is 2.11. The van der Waals surface area contributed by atoms with Crippen molar-refractivity contribution in [1.29, 1.82) is 0 Å². The zero-order valence-corrected chi connectivity index (χ0v) is 12.5. The van der Waals surface area contributed by atoms with Crippen LogP contribution in [-0.2, 0) is 6.54 Å². The van der Waals surface area contributed by atoms with Gasteiger partial charge in [0.15, 0.2) is 11.5 Å². The summed E-state index contributed by atoms with van der Waals surface area (Å²) in [5, 5.41) is 3.43. The number of ether oxygens (including phenoxy) is 2. The van der Waals surface area contributed by atoms with Crippen molar-refractivity contribution in [3.05, 3.63) is 18.0 Å². The monoisotopic (exact) mass is 279 g/mol. The molecule has 0 bridgehead atoms. The van der Waals surface area contributed by atoms with Crippen LogP contribution in [0.4, 0.5) is 0 Å². The van der Waals surface area contributed by atoms with Gasteiger partial charge in [-0.05, 0) is 45.4 Å². The molecule has 5 nitrogen and oxygen atoms in total. The standard InChI is InChI=1S/C15H25N3O2/c1-19-14-6-8-17-13(15(14)20-2)12-16-7-5-11-18-9-3-4-10-18/h6,8,16H,3-5,7,9-12H2,1-2H3. The Morgan fingerprint density at radius 2 is 2.05 bits per heavy atom. The topological polar surface area (TPSA) is 46.6 Å². The van der Waals surface area contributed by atoms with E-state index < -0.39 is 0 Å². The molecule has 2 rings (SSSR count). The summed E-state index contributed by atoms with van der Waals surface area (Å²) in [7, 11) is 3.29. The van der Waals surface area contributed by atoms with Crippen LogP contribution in [-0.4, -0.2) is 50.3 Å². The van der Waals surface area contributed by atoms with Crippen LogP contribution in [0.3, 0.4) is 0 Å². The molecule has 5 heteroatoms. The highest BCUT2D eigenvalue weighted by molar-refractivity contribution is 5.42. The third-order valence-corrected chi connectivity index (χ3v) is 3.69. The molecule has 1 N–H and O–H groups in total. The van der Waals surface area contributed by atoms with Crippen LogP contribution in [0.25, 0.3) is 0 Å². The van der Waals surface area contributed by atoms with Gasteiger partial charge in [0.05, 0.1) is 19.9 Å². The highest BCUT2D eigenvalue weighted by Crippen LogP contribution is 2.28. The normalized spacial score (nSPS) is 15.5. The zero-order chi connectivity index (χ0) is 14.2. The quantitative estimate of drug-likeness (QED) is 0.734.